The number of halogens is 4. The number of hydrogen-bond donors (Lipinski definition) is 1. The highest BCUT2D eigenvalue weighted by molar-refractivity contribution is 7.89. The van der Waals surface area contributed by atoms with E-state index in [0.29, 0.717) is 63.5 Å². The zero-order chi connectivity index (χ0) is 25.2. The van der Waals surface area contributed by atoms with Crippen LogP contribution in [0.2, 0.25) is 0 Å². The van der Waals surface area contributed by atoms with Crippen LogP contribution in [0.5, 0.6) is 0 Å². The predicted octanol–water partition coefficient (Wildman–Crippen LogP) is 3.89. The Morgan fingerprint density at radius 2 is 1.63 bits per heavy atom. The molecule has 0 bridgehead atoms. The third-order valence-corrected chi connectivity index (χ3v) is 8.38. The van der Waals surface area contributed by atoms with E-state index in [1.807, 2.05) is 0 Å². The van der Waals surface area contributed by atoms with Gasteiger partial charge in [-0.15, -0.1) is 0 Å². The molecule has 0 radical (unpaired) electrons. The largest absolute Gasteiger partial charge is 0.416 e. The molecule has 1 amide bonds. The molecule has 2 aromatic carbocycles. The van der Waals surface area contributed by atoms with Crippen molar-refractivity contribution in [3.8, 4) is 0 Å². The Balaban J connectivity index is 1.34. The van der Waals surface area contributed by atoms with E-state index in [0.717, 1.165) is 12.1 Å². The number of amides is 1. The summed E-state index contributed by atoms with van der Waals surface area (Å²) in [5, 5.41) is 2.79. The predicted molar refractivity (Wildman–Crippen MR) is 122 cm³/mol. The quantitative estimate of drug-likeness (QED) is 0.544. The Kier molecular flexibility index (Phi) is 7.48. The number of sulfonamides is 1. The summed E-state index contributed by atoms with van der Waals surface area (Å²) < 4.78 is 80.5. The zero-order valence-corrected chi connectivity index (χ0v) is 19.8. The van der Waals surface area contributed by atoms with Crippen LogP contribution in [-0.2, 0) is 16.2 Å². The van der Waals surface area contributed by atoms with Crippen molar-refractivity contribution in [2.24, 2.45) is 0 Å². The van der Waals surface area contributed by atoms with Crippen molar-refractivity contribution in [2.45, 2.75) is 48.8 Å². The van der Waals surface area contributed by atoms with Gasteiger partial charge in [-0.1, -0.05) is 6.07 Å². The van der Waals surface area contributed by atoms with Gasteiger partial charge in [0.15, 0.2) is 0 Å². The van der Waals surface area contributed by atoms with Gasteiger partial charge in [0.25, 0.3) is 5.91 Å². The fourth-order valence-corrected chi connectivity index (χ4v) is 6.38. The Morgan fingerprint density at radius 3 is 2.23 bits per heavy atom. The number of hydrogen-bond acceptors (Lipinski definition) is 4. The molecule has 190 valence electrons. The number of carbonyl (C=O) groups is 1. The molecule has 1 saturated heterocycles. The fourth-order valence-electron chi connectivity index (χ4n) is 4.40. The number of nitrogens with zero attached hydrogens (tertiary/aromatic N) is 2. The van der Waals surface area contributed by atoms with Crippen molar-refractivity contribution in [1.29, 1.82) is 0 Å². The van der Waals surface area contributed by atoms with E-state index in [4.69, 9.17) is 0 Å². The minimum atomic E-state index is -4.62. The van der Waals surface area contributed by atoms with Gasteiger partial charge in [-0.2, -0.15) is 17.5 Å². The van der Waals surface area contributed by atoms with Crippen molar-refractivity contribution in [1.82, 2.24) is 14.5 Å². The first-order valence-corrected chi connectivity index (χ1v) is 13.0. The molecule has 0 unspecified atom stereocenters. The molecular weight excluding hydrogens is 486 g/mol. The summed E-state index contributed by atoms with van der Waals surface area (Å²) in [5.41, 5.74) is -0.614. The SMILES string of the molecule is O=C(NCCN1CCC(N(C2CC2)S(=O)(=O)c2cccc(C(F)(F)F)c2)CC1)c1ccc(F)cc1. The van der Waals surface area contributed by atoms with Crippen LogP contribution < -0.4 is 5.32 Å². The lowest BCUT2D eigenvalue weighted by molar-refractivity contribution is -0.137. The minimum absolute atomic E-state index is 0.180. The van der Waals surface area contributed by atoms with E-state index >= 15 is 0 Å². The molecule has 35 heavy (non-hydrogen) atoms. The molecule has 1 aliphatic heterocycles. The molecule has 1 N–H and O–H groups in total. The normalized spacial score (nSPS) is 18.1. The van der Waals surface area contributed by atoms with E-state index in [2.05, 4.69) is 10.2 Å². The standard InChI is InChI=1S/C24H27F4N3O3S/c25-19-6-4-17(5-7-19)23(32)29-12-15-30-13-10-21(11-14-30)31(20-8-9-20)35(33,34)22-3-1-2-18(16-22)24(26,27)28/h1-7,16,20-21H,8-15H2,(H,29,32). The van der Waals surface area contributed by atoms with Gasteiger partial charge < -0.3 is 10.2 Å². The van der Waals surface area contributed by atoms with Crippen molar-refractivity contribution < 1.29 is 30.8 Å². The second-order valence-electron chi connectivity index (χ2n) is 8.93. The van der Waals surface area contributed by atoms with Gasteiger partial charge in [0, 0.05) is 30.7 Å². The molecule has 2 aromatic rings. The molecule has 1 aliphatic carbocycles. The molecule has 2 fully saturated rings. The van der Waals surface area contributed by atoms with Gasteiger partial charge in [-0.3, -0.25) is 4.79 Å². The lowest BCUT2D eigenvalue weighted by Crippen LogP contribution is -2.49. The van der Waals surface area contributed by atoms with Crippen LogP contribution in [0, 0.1) is 5.82 Å². The van der Waals surface area contributed by atoms with Crippen LogP contribution in [0.15, 0.2) is 53.4 Å². The minimum Gasteiger partial charge on any atom is -0.351 e. The molecule has 0 atom stereocenters. The van der Waals surface area contributed by atoms with Crippen LogP contribution in [0.1, 0.15) is 41.6 Å². The summed E-state index contributed by atoms with van der Waals surface area (Å²) >= 11 is 0. The van der Waals surface area contributed by atoms with Crippen LogP contribution in [0.3, 0.4) is 0 Å². The second-order valence-corrected chi connectivity index (χ2v) is 10.8. The van der Waals surface area contributed by atoms with Crippen LogP contribution >= 0.6 is 0 Å². The van der Waals surface area contributed by atoms with Gasteiger partial charge in [0.2, 0.25) is 10.0 Å². The van der Waals surface area contributed by atoms with Crippen molar-refractivity contribution >= 4 is 15.9 Å². The molecule has 0 spiro atoms. The van der Waals surface area contributed by atoms with Crippen LogP contribution in [-0.4, -0.2) is 61.8 Å². The summed E-state index contributed by atoms with van der Waals surface area (Å²) in [6.07, 6.45) is -2.10. The lowest BCUT2D eigenvalue weighted by Gasteiger charge is -2.38. The van der Waals surface area contributed by atoms with Gasteiger partial charge >= 0.3 is 6.18 Å². The van der Waals surface area contributed by atoms with E-state index < -0.39 is 27.6 Å². The number of carbonyl (C=O) groups excluding carboxylic acids is 1. The highest BCUT2D eigenvalue weighted by Crippen LogP contribution is 2.38. The van der Waals surface area contributed by atoms with Gasteiger partial charge in [-0.05, 0) is 81.2 Å². The first kappa shape index (κ1) is 25.6. The average molecular weight is 514 g/mol. The summed E-state index contributed by atoms with van der Waals surface area (Å²) in [6.45, 7) is 2.18. The van der Waals surface area contributed by atoms with Gasteiger partial charge in [0.1, 0.15) is 5.82 Å². The van der Waals surface area contributed by atoms with E-state index in [9.17, 15) is 30.8 Å². The third-order valence-electron chi connectivity index (χ3n) is 6.38. The van der Waals surface area contributed by atoms with Crippen molar-refractivity contribution in [3.63, 3.8) is 0 Å². The number of likely N-dealkylation sites (tertiary alicyclic amines) is 1. The first-order chi connectivity index (χ1) is 16.6. The summed E-state index contributed by atoms with van der Waals surface area (Å²) in [5.74, 6) is -0.716. The fraction of sp³-hybridized carbons (Fsp3) is 0.458. The van der Waals surface area contributed by atoms with Crippen LogP contribution in [0.25, 0.3) is 0 Å². The lowest BCUT2D eigenvalue weighted by atomic mass is 10.0. The van der Waals surface area contributed by atoms with Crippen molar-refractivity contribution in [2.75, 3.05) is 26.2 Å². The highest BCUT2D eigenvalue weighted by atomic mass is 32.2. The number of nitrogens with one attached hydrogen (secondary N) is 1. The van der Waals surface area contributed by atoms with Gasteiger partial charge in [0.05, 0.1) is 10.5 Å². The topological polar surface area (TPSA) is 69.7 Å². The van der Waals surface area contributed by atoms with Crippen LogP contribution in [0.4, 0.5) is 17.6 Å². The van der Waals surface area contributed by atoms with E-state index in [1.54, 1.807) is 0 Å². The molecule has 1 saturated carbocycles. The Hall–Kier alpha value is -2.50. The number of piperidine rings is 1. The number of benzene rings is 2. The Morgan fingerprint density at radius 1 is 1.00 bits per heavy atom. The summed E-state index contributed by atoms with van der Waals surface area (Å²) in [7, 11) is -4.07. The summed E-state index contributed by atoms with van der Waals surface area (Å²) in [4.78, 5) is 13.9. The van der Waals surface area contributed by atoms with E-state index in [1.165, 1.54) is 34.6 Å². The third kappa shape index (κ3) is 6.20. The monoisotopic (exact) mass is 513 g/mol. The molecule has 11 heteroatoms. The zero-order valence-electron chi connectivity index (χ0n) is 19.0. The number of alkyl halides is 3. The molecule has 0 aromatic heterocycles. The molecule has 6 nitrogen and oxygen atoms in total. The molecule has 2 aliphatic rings. The molecule has 4 rings (SSSR count). The Bertz CT molecular complexity index is 1140. The highest BCUT2D eigenvalue weighted by Gasteiger charge is 2.44. The first-order valence-electron chi connectivity index (χ1n) is 11.5. The second kappa shape index (κ2) is 10.2. The number of rotatable bonds is 8. The van der Waals surface area contributed by atoms with E-state index in [-0.39, 0.29) is 22.9 Å². The molecule has 1 heterocycles. The van der Waals surface area contributed by atoms with Gasteiger partial charge in [-0.25, -0.2) is 12.8 Å². The Labute approximate surface area is 202 Å². The smallest absolute Gasteiger partial charge is 0.351 e. The average Bonchev–Trinajstić information content (AvgIpc) is 3.65. The maximum absolute atomic E-state index is 13.4. The molecular formula is C24H27F4N3O3S. The van der Waals surface area contributed by atoms with Crippen molar-refractivity contribution in [3.05, 3.63) is 65.5 Å². The maximum Gasteiger partial charge on any atom is 0.416 e. The maximum atomic E-state index is 13.4. The summed E-state index contributed by atoms with van der Waals surface area (Å²) in [6, 6.07) is 8.73.